The second kappa shape index (κ2) is 10.3. The minimum absolute atomic E-state index is 0.128. The molecule has 0 aliphatic rings. The number of fused-ring (bicyclic) bond motifs is 1. The van der Waals surface area contributed by atoms with E-state index in [0.29, 0.717) is 29.7 Å². The number of imidazole rings is 1. The van der Waals surface area contributed by atoms with Crippen molar-refractivity contribution in [1.29, 1.82) is 0 Å². The molecule has 0 spiro atoms. The van der Waals surface area contributed by atoms with Crippen LogP contribution in [0.15, 0.2) is 76.9 Å². The maximum atomic E-state index is 12.9. The first kappa shape index (κ1) is 22.5. The van der Waals surface area contributed by atoms with Crippen LogP contribution in [-0.2, 0) is 26.9 Å². The van der Waals surface area contributed by atoms with Crippen molar-refractivity contribution in [2.75, 3.05) is 12.4 Å². The van der Waals surface area contributed by atoms with E-state index in [-0.39, 0.29) is 18.1 Å². The standard InChI is InChI=1S/C24H23N3O5S/c1-17(28)32-16-19-5-2-3-6-22(19)27-12-11-25-24(27)33(30)14-4-13-31-20-8-9-21-18(15-20)7-10-23(29)26-21/h2-3,5-12,15H,4,13-14,16H2,1H3,(H,26,29). The summed E-state index contributed by atoms with van der Waals surface area (Å²) in [6.45, 7) is 1.88. The number of para-hydroxylation sites is 1. The fourth-order valence-electron chi connectivity index (χ4n) is 3.38. The summed E-state index contributed by atoms with van der Waals surface area (Å²) >= 11 is 0. The van der Waals surface area contributed by atoms with Crippen LogP contribution in [0.5, 0.6) is 5.75 Å². The first-order valence-electron chi connectivity index (χ1n) is 10.4. The maximum absolute atomic E-state index is 12.9. The van der Waals surface area contributed by atoms with Crippen LogP contribution in [-0.4, -0.2) is 37.1 Å². The van der Waals surface area contributed by atoms with E-state index >= 15 is 0 Å². The summed E-state index contributed by atoms with van der Waals surface area (Å²) in [5.41, 5.74) is 2.16. The van der Waals surface area contributed by atoms with Gasteiger partial charge in [0.1, 0.15) is 12.4 Å². The van der Waals surface area contributed by atoms with Crippen LogP contribution in [0.2, 0.25) is 0 Å². The highest BCUT2D eigenvalue weighted by Gasteiger charge is 2.15. The van der Waals surface area contributed by atoms with Gasteiger partial charge in [0.25, 0.3) is 0 Å². The Balaban J connectivity index is 1.38. The predicted molar refractivity (Wildman–Crippen MR) is 125 cm³/mol. The van der Waals surface area contributed by atoms with Gasteiger partial charge in [-0.2, -0.15) is 0 Å². The van der Waals surface area contributed by atoms with Gasteiger partial charge in [-0.1, -0.05) is 18.2 Å². The van der Waals surface area contributed by atoms with Crippen molar-refractivity contribution in [3.63, 3.8) is 0 Å². The van der Waals surface area contributed by atoms with Crippen molar-refractivity contribution in [2.45, 2.75) is 25.1 Å². The van der Waals surface area contributed by atoms with Gasteiger partial charge in [-0.3, -0.25) is 18.4 Å². The molecule has 9 heteroatoms. The van der Waals surface area contributed by atoms with Gasteiger partial charge in [0.05, 0.1) is 23.1 Å². The van der Waals surface area contributed by atoms with E-state index in [4.69, 9.17) is 9.47 Å². The summed E-state index contributed by atoms with van der Waals surface area (Å²) < 4.78 is 25.6. The van der Waals surface area contributed by atoms with E-state index in [1.165, 1.54) is 13.0 Å². The molecule has 0 saturated carbocycles. The fraction of sp³-hybridized carbons (Fsp3) is 0.208. The molecule has 0 radical (unpaired) electrons. The predicted octanol–water partition coefficient (Wildman–Crippen LogP) is 3.35. The molecule has 0 amide bonds. The van der Waals surface area contributed by atoms with E-state index < -0.39 is 10.8 Å². The molecule has 1 unspecified atom stereocenters. The van der Waals surface area contributed by atoms with Gasteiger partial charge in [0.15, 0.2) is 0 Å². The summed E-state index contributed by atoms with van der Waals surface area (Å²) in [5, 5.41) is 1.31. The van der Waals surface area contributed by atoms with Crippen molar-refractivity contribution in [2.24, 2.45) is 0 Å². The molecule has 0 fully saturated rings. The third kappa shape index (κ3) is 5.56. The number of ether oxygens (including phenoxy) is 2. The highest BCUT2D eigenvalue weighted by atomic mass is 32.2. The third-order valence-electron chi connectivity index (χ3n) is 4.93. The number of hydrogen-bond acceptors (Lipinski definition) is 6. The molecule has 0 saturated heterocycles. The molecule has 0 aliphatic carbocycles. The van der Waals surface area contributed by atoms with E-state index in [2.05, 4.69) is 9.97 Å². The fourth-order valence-corrected chi connectivity index (χ4v) is 4.50. The molecule has 33 heavy (non-hydrogen) atoms. The number of rotatable bonds is 9. The Labute approximate surface area is 192 Å². The van der Waals surface area contributed by atoms with E-state index in [1.54, 1.807) is 35.2 Å². The third-order valence-corrected chi connectivity index (χ3v) is 6.30. The Morgan fingerprint density at radius 3 is 2.85 bits per heavy atom. The number of aromatic amines is 1. The smallest absolute Gasteiger partial charge is 0.302 e. The molecule has 8 nitrogen and oxygen atoms in total. The van der Waals surface area contributed by atoms with Crippen LogP contribution in [0, 0.1) is 0 Å². The largest absolute Gasteiger partial charge is 0.494 e. The van der Waals surface area contributed by atoms with Crippen molar-refractivity contribution < 1.29 is 18.5 Å². The Kier molecular flexibility index (Phi) is 6.99. The zero-order valence-electron chi connectivity index (χ0n) is 18.0. The lowest BCUT2D eigenvalue weighted by Crippen LogP contribution is -2.11. The van der Waals surface area contributed by atoms with Crippen molar-refractivity contribution in [3.8, 4) is 11.4 Å². The Morgan fingerprint density at radius 2 is 2.00 bits per heavy atom. The topological polar surface area (TPSA) is 103 Å². The van der Waals surface area contributed by atoms with Gasteiger partial charge >= 0.3 is 5.97 Å². The molecular formula is C24H23N3O5S. The van der Waals surface area contributed by atoms with Crippen LogP contribution < -0.4 is 10.3 Å². The Hall–Kier alpha value is -3.72. The average Bonchev–Trinajstić information content (AvgIpc) is 3.30. The molecule has 1 atom stereocenters. The molecule has 4 rings (SSSR count). The number of hydrogen-bond donors (Lipinski definition) is 1. The van der Waals surface area contributed by atoms with Crippen LogP contribution in [0.1, 0.15) is 18.9 Å². The molecule has 2 aromatic heterocycles. The van der Waals surface area contributed by atoms with Gasteiger partial charge in [-0.05, 0) is 36.8 Å². The van der Waals surface area contributed by atoms with Gasteiger partial charge < -0.3 is 14.5 Å². The van der Waals surface area contributed by atoms with Crippen LogP contribution in [0.25, 0.3) is 16.6 Å². The molecular weight excluding hydrogens is 442 g/mol. The lowest BCUT2D eigenvalue weighted by Gasteiger charge is -2.13. The number of esters is 1. The maximum Gasteiger partial charge on any atom is 0.302 e. The highest BCUT2D eigenvalue weighted by Crippen LogP contribution is 2.21. The summed E-state index contributed by atoms with van der Waals surface area (Å²) in [6.07, 6.45) is 3.92. The molecule has 4 aromatic rings. The molecule has 0 aliphatic heterocycles. The number of benzene rings is 2. The van der Waals surface area contributed by atoms with Gasteiger partial charge in [-0.15, -0.1) is 0 Å². The highest BCUT2D eigenvalue weighted by molar-refractivity contribution is 7.84. The Morgan fingerprint density at radius 1 is 1.15 bits per heavy atom. The van der Waals surface area contributed by atoms with Gasteiger partial charge in [0.2, 0.25) is 10.7 Å². The van der Waals surface area contributed by atoms with Crippen molar-refractivity contribution >= 4 is 27.7 Å². The van der Waals surface area contributed by atoms with Gasteiger partial charge in [0, 0.05) is 47.6 Å². The SMILES string of the molecule is CC(=O)OCc1ccccc1-n1ccnc1S(=O)CCCOc1ccc2[nH]c(=O)ccc2c1. The zero-order valence-corrected chi connectivity index (χ0v) is 18.8. The monoisotopic (exact) mass is 465 g/mol. The minimum atomic E-state index is -1.34. The summed E-state index contributed by atoms with van der Waals surface area (Å²) in [4.78, 5) is 29.7. The Bertz CT molecular complexity index is 1360. The first-order chi connectivity index (χ1) is 16.0. The first-order valence-corrected chi connectivity index (χ1v) is 11.7. The average molecular weight is 466 g/mol. The van der Waals surface area contributed by atoms with E-state index in [9.17, 15) is 13.8 Å². The van der Waals surface area contributed by atoms with Crippen LogP contribution in [0.4, 0.5) is 0 Å². The number of nitrogens with zero attached hydrogens (tertiary/aromatic N) is 2. The number of carbonyl (C=O) groups is 1. The molecule has 1 N–H and O–H groups in total. The normalized spacial score (nSPS) is 11.9. The summed E-state index contributed by atoms with van der Waals surface area (Å²) in [5.74, 6) is 0.699. The zero-order chi connectivity index (χ0) is 23.2. The number of pyridine rings is 1. The lowest BCUT2D eigenvalue weighted by molar-refractivity contribution is -0.142. The second-order valence-electron chi connectivity index (χ2n) is 7.31. The van der Waals surface area contributed by atoms with Crippen LogP contribution in [0.3, 0.4) is 0 Å². The van der Waals surface area contributed by atoms with E-state index in [1.807, 2.05) is 30.3 Å². The van der Waals surface area contributed by atoms with Crippen molar-refractivity contribution in [1.82, 2.24) is 14.5 Å². The number of carbonyl (C=O) groups excluding carboxylic acids is 1. The van der Waals surface area contributed by atoms with Crippen molar-refractivity contribution in [3.05, 3.63) is 82.9 Å². The quantitative estimate of drug-likeness (QED) is 0.300. The molecule has 2 heterocycles. The molecule has 2 aromatic carbocycles. The van der Waals surface area contributed by atoms with Crippen LogP contribution >= 0.6 is 0 Å². The number of H-pyrrole nitrogens is 1. The lowest BCUT2D eigenvalue weighted by atomic mass is 10.2. The van der Waals surface area contributed by atoms with Gasteiger partial charge in [-0.25, -0.2) is 4.98 Å². The summed E-state index contributed by atoms with van der Waals surface area (Å²) in [7, 11) is -1.34. The second-order valence-corrected chi connectivity index (χ2v) is 8.78. The van der Waals surface area contributed by atoms with E-state index in [0.717, 1.165) is 22.2 Å². The minimum Gasteiger partial charge on any atom is -0.494 e. The number of aromatic nitrogens is 3. The number of nitrogens with one attached hydrogen (secondary N) is 1. The summed E-state index contributed by atoms with van der Waals surface area (Å²) in [6, 6.07) is 16.1. The molecule has 0 bridgehead atoms. The molecule has 170 valence electrons.